The summed E-state index contributed by atoms with van der Waals surface area (Å²) in [6, 6.07) is 4.21. The molecule has 24 heavy (non-hydrogen) atoms. The number of methoxy groups -OCH3 is 1. The van der Waals surface area contributed by atoms with Crippen LogP contribution < -0.4 is 5.32 Å². The van der Waals surface area contributed by atoms with E-state index in [2.05, 4.69) is 10.1 Å². The molecule has 1 atom stereocenters. The highest BCUT2D eigenvalue weighted by molar-refractivity contribution is 6.21. The maximum atomic E-state index is 12.5. The first-order valence-electron chi connectivity index (χ1n) is 7.44. The van der Waals surface area contributed by atoms with Crippen LogP contribution in [-0.4, -0.2) is 53.0 Å². The van der Waals surface area contributed by atoms with Crippen LogP contribution in [0.5, 0.6) is 0 Å². The third-order valence-corrected chi connectivity index (χ3v) is 3.58. The lowest BCUT2D eigenvalue weighted by atomic mass is 10.1. The van der Waals surface area contributed by atoms with E-state index in [0.29, 0.717) is 0 Å². The molecule has 1 N–H and O–H groups in total. The van der Waals surface area contributed by atoms with Gasteiger partial charge in [-0.15, -0.1) is 0 Å². The molecule has 0 bridgehead atoms. The average molecular weight is 333 g/mol. The van der Waals surface area contributed by atoms with Crippen molar-refractivity contribution >= 4 is 23.8 Å². The van der Waals surface area contributed by atoms with Gasteiger partial charge in [-0.05, 0) is 32.9 Å². The largest absolute Gasteiger partial charge is 0.467 e. The van der Waals surface area contributed by atoms with E-state index in [1.54, 1.807) is 26.0 Å². The highest BCUT2D eigenvalue weighted by Crippen LogP contribution is 2.25. The number of ether oxygens (including phenoxy) is 1. The van der Waals surface area contributed by atoms with Crippen LogP contribution in [0.15, 0.2) is 24.3 Å². The Morgan fingerprint density at radius 3 is 2.00 bits per heavy atom. The number of imide groups is 1. The molecule has 0 aliphatic carbocycles. The zero-order valence-electron chi connectivity index (χ0n) is 13.9. The van der Waals surface area contributed by atoms with E-state index in [0.717, 1.165) is 10.0 Å². The summed E-state index contributed by atoms with van der Waals surface area (Å²) in [5, 5.41) is 4.23. The molecule has 0 fully saturated rings. The lowest BCUT2D eigenvalue weighted by Crippen LogP contribution is -2.58. The minimum Gasteiger partial charge on any atom is -0.467 e. The van der Waals surface area contributed by atoms with Crippen LogP contribution in [0.4, 0.5) is 4.79 Å². The van der Waals surface area contributed by atoms with Crippen LogP contribution in [0.1, 0.15) is 41.5 Å². The third-order valence-electron chi connectivity index (χ3n) is 3.58. The molecule has 8 heteroatoms. The second-order valence-corrected chi connectivity index (χ2v) is 5.60. The van der Waals surface area contributed by atoms with E-state index < -0.39 is 35.9 Å². The first-order chi connectivity index (χ1) is 11.3. The van der Waals surface area contributed by atoms with Crippen LogP contribution in [-0.2, 0) is 9.53 Å². The van der Waals surface area contributed by atoms with Gasteiger partial charge in [0.2, 0.25) is 0 Å². The van der Waals surface area contributed by atoms with Crippen LogP contribution in [0, 0.1) is 0 Å². The monoisotopic (exact) mass is 333 g/mol. The lowest BCUT2D eigenvalue weighted by molar-refractivity contribution is -0.142. The van der Waals surface area contributed by atoms with E-state index in [4.69, 9.17) is 0 Å². The first-order valence-corrected chi connectivity index (χ1v) is 7.44. The predicted octanol–water partition coefficient (Wildman–Crippen LogP) is 1.18. The fraction of sp³-hybridized carbons (Fsp3) is 0.375. The smallest absolute Gasteiger partial charge is 0.337 e. The quantitative estimate of drug-likeness (QED) is 0.659. The van der Waals surface area contributed by atoms with E-state index in [-0.39, 0.29) is 11.1 Å². The summed E-state index contributed by atoms with van der Waals surface area (Å²) in [7, 11) is 1.20. The van der Waals surface area contributed by atoms with Gasteiger partial charge in [-0.2, -0.15) is 5.01 Å². The Bertz CT molecular complexity index is 666. The number of carbonyl (C=O) groups excluding carboxylic acids is 4. The molecule has 1 aliphatic heterocycles. The molecule has 1 aromatic carbocycles. The summed E-state index contributed by atoms with van der Waals surface area (Å²) in [6.45, 7) is 4.77. The molecule has 4 amide bonds. The lowest BCUT2D eigenvalue weighted by Gasteiger charge is -2.33. The highest BCUT2D eigenvalue weighted by Gasteiger charge is 2.42. The van der Waals surface area contributed by atoms with Crippen molar-refractivity contribution in [3.8, 4) is 0 Å². The maximum absolute atomic E-state index is 12.5. The molecule has 0 radical (unpaired) electrons. The number of hydrogen-bond acceptors (Lipinski definition) is 5. The third kappa shape index (κ3) is 2.94. The summed E-state index contributed by atoms with van der Waals surface area (Å²) in [5.41, 5.74) is 0.476. The van der Waals surface area contributed by atoms with Crippen molar-refractivity contribution in [3.05, 3.63) is 35.4 Å². The number of esters is 1. The number of fused-ring (bicyclic) bond motifs is 1. The fourth-order valence-electron chi connectivity index (χ4n) is 2.42. The molecular formula is C16H19N3O5. The van der Waals surface area contributed by atoms with Crippen molar-refractivity contribution in [2.75, 3.05) is 7.11 Å². The summed E-state index contributed by atoms with van der Waals surface area (Å²) in [6.07, 6.45) is 0. The second kappa shape index (κ2) is 6.69. The second-order valence-electron chi connectivity index (χ2n) is 5.60. The minimum atomic E-state index is -0.918. The standard InChI is InChI=1S/C16H19N3O5/c1-9(2)18(16(23)17-10(3)15(22)24-4)19-13(20)11-7-5-6-8-12(11)14(19)21/h5-10H,1-4H3,(H,17,23)/t10-/m0/s1. The first kappa shape index (κ1) is 17.5. The van der Waals surface area contributed by atoms with E-state index in [1.807, 2.05) is 0 Å². The van der Waals surface area contributed by atoms with Crippen LogP contribution >= 0.6 is 0 Å². The number of nitrogens with zero attached hydrogens (tertiary/aromatic N) is 2. The summed E-state index contributed by atoms with van der Waals surface area (Å²) >= 11 is 0. The number of rotatable bonds is 4. The highest BCUT2D eigenvalue weighted by atomic mass is 16.5. The van der Waals surface area contributed by atoms with Crippen molar-refractivity contribution in [1.82, 2.24) is 15.3 Å². The number of hydrogen-bond donors (Lipinski definition) is 1. The summed E-state index contributed by atoms with van der Waals surface area (Å²) in [5.74, 6) is -1.79. The number of amides is 4. The van der Waals surface area contributed by atoms with Gasteiger partial charge in [0.1, 0.15) is 6.04 Å². The van der Waals surface area contributed by atoms with Crippen molar-refractivity contribution in [2.24, 2.45) is 0 Å². The van der Waals surface area contributed by atoms with Crippen LogP contribution in [0.3, 0.4) is 0 Å². The molecular weight excluding hydrogens is 314 g/mol. The van der Waals surface area contributed by atoms with E-state index >= 15 is 0 Å². The topological polar surface area (TPSA) is 96.0 Å². The molecule has 0 saturated carbocycles. The molecule has 0 saturated heterocycles. The number of carbonyl (C=O) groups is 4. The van der Waals surface area contributed by atoms with E-state index in [9.17, 15) is 19.2 Å². The number of nitrogens with one attached hydrogen (secondary N) is 1. The number of urea groups is 1. The molecule has 1 aliphatic rings. The van der Waals surface area contributed by atoms with Gasteiger partial charge in [-0.25, -0.2) is 14.6 Å². The van der Waals surface area contributed by atoms with Crippen molar-refractivity contribution in [2.45, 2.75) is 32.9 Å². The van der Waals surface area contributed by atoms with Crippen LogP contribution in [0.2, 0.25) is 0 Å². The molecule has 0 aromatic heterocycles. The Hall–Kier alpha value is -2.90. The van der Waals surface area contributed by atoms with Gasteiger partial charge >= 0.3 is 12.0 Å². The molecule has 0 spiro atoms. The predicted molar refractivity (Wildman–Crippen MR) is 83.9 cm³/mol. The fourth-order valence-corrected chi connectivity index (χ4v) is 2.42. The van der Waals surface area contributed by atoms with Gasteiger partial charge in [0.05, 0.1) is 24.3 Å². The van der Waals surface area contributed by atoms with Gasteiger partial charge in [-0.3, -0.25) is 9.59 Å². The van der Waals surface area contributed by atoms with E-state index in [1.165, 1.54) is 26.2 Å². The molecule has 1 aromatic rings. The van der Waals surface area contributed by atoms with Gasteiger partial charge in [0, 0.05) is 0 Å². The Morgan fingerprint density at radius 1 is 1.08 bits per heavy atom. The van der Waals surface area contributed by atoms with Gasteiger partial charge < -0.3 is 10.1 Å². The van der Waals surface area contributed by atoms with Crippen molar-refractivity contribution in [3.63, 3.8) is 0 Å². The average Bonchev–Trinajstić information content (AvgIpc) is 2.79. The zero-order valence-corrected chi connectivity index (χ0v) is 13.9. The SMILES string of the molecule is COC(=O)[C@H](C)NC(=O)N(C(C)C)N1C(=O)c2ccccc2C1=O. The van der Waals surface area contributed by atoms with Gasteiger partial charge in [-0.1, -0.05) is 12.1 Å². The van der Waals surface area contributed by atoms with Crippen molar-refractivity contribution < 1.29 is 23.9 Å². The zero-order chi connectivity index (χ0) is 18.0. The number of benzene rings is 1. The Labute approximate surface area is 139 Å². The molecule has 1 heterocycles. The van der Waals surface area contributed by atoms with Gasteiger partial charge in [0.15, 0.2) is 0 Å². The maximum Gasteiger partial charge on any atom is 0.337 e. The molecule has 2 rings (SSSR count). The normalized spacial score (nSPS) is 14.5. The Balaban J connectivity index is 2.29. The molecule has 128 valence electrons. The Kier molecular flexibility index (Phi) is 4.87. The number of hydrazine groups is 1. The van der Waals surface area contributed by atoms with Crippen molar-refractivity contribution in [1.29, 1.82) is 0 Å². The summed E-state index contributed by atoms with van der Waals surface area (Å²) in [4.78, 5) is 49.0. The minimum absolute atomic E-state index is 0.238. The summed E-state index contributed by atoms with van der Waals surface area (Å²) < 4.78 is 4.55. The molecule has 8 nitrogen and oxygen atoms in total. The van der Waals surface area contributed by atoms with Crippen LogP contribution in [0.25, 0.3) is 0 Å². The molecule has 0 unspecified atom stereocenters. The Morgan fingerprint density at radius 2 is 1.58 bits per heavy atom. The van der Waals surface area contributed by atoms with Gasteiger partial charge in [0.25, 0.3) is 11.8 Å².